The number of rotatable bonds is 5. The molecule has 2 rings (SSSR count). The number of nitrogens with one attached hydrogen (secondary N) is 2. The van der Waals surface area contributed by atoms with Crippen molar-refractivity contribution in [2.24, 2.45) is 11.8 Å². The number of benzene rings is 1. The molecule has 0 saturated heterocycles. The van der Waals surface area contributed by atoms with Gasteiger partial charge in [-0.25, -0.2) is 4.79 Å². The Kier molecular flexibility index (Phi) is 6.20. The van der Waals surface area contributed by atoms with E-state index in [2.05, 4.69) is 10.6 Å². The molecule has 6 nitrogen and oxygen atoms in total. The van der Waals surface area contributed by atoms with E-state index in [0.29, 0.717) is 22.0 Å². The number of ether oxygens (including phenoxy) is 1. The minimum absolute atomic E-state index is 0.0260. The predicted octanol–water partition coefficient (Wildman–Crippen LogP) is 2.89. The highest BCUT2D eigenvalue weighted by Gasteiger charge is 2.34. The van der Waals surface area contributed by atoms with Gasteiger partial charge in [0.05, 0.1) is 18.6 Å². The summed E-state index contributed by atoms with van der Waals surface area (Å²) in [6, 6.07) is 6.69. The Morgan fingerprint density at radius 1 is 1.32 bits per heavy atom. The molecule has 0 aliphatic carbocycles. The van der Waals surface area contributed by atoms with Crippen molar-refractivity contribution in [1.82, 2.24) is 5.32 Å². The summed E-state index contributed by atoms with van der Waals surface area (Å²) in [7, 11) is 1.30. The largest absolute Gasteiger partial charge is 0.466 e. The first-order chi connectivity index (χ1) is 11.8. The van der Waals surface area contributed by atoms with Crippen molar-refractivity contribution < 1.29 is 19.1 Å². The molecular weight excluding hydrogens is 344 g/mol. The van der Waals surface area contributed by atoms with Crippen molar-refractivity contribution in [3.63, 3.8) is 0 Å². The van der Waals surface area contributed by atoms with Crippen LogP contribution in [-0.4, -0.2) is 24.9 Å². The van der Waals surface area contributed by atoms with Gasteiger partial charge in [-0.15, -0.1) is 0 Å². The Hall–Kier alpha value is -2.34. The quantitative estimate of drug-likeness (QED) is 0.787. The fourth-order valence-electron chi connectivity index (χ4n) is 2.70. The third-order valence-electron chi connectivity index (χ3n) is 3.97. The highest BCUT2D eigenvalue weighted by Crippen LogP contribution is 2.28. The molecule has 0 aromatic heterocycles. The van der Waals surface area contributed by atoms with E-state index in [9.17, 15) is 14.4 Å². The number of esters is 1. The Morgan fingerprint density at radius 2 is 1.96 bits per heavy atom. The summed E-state index contributed by atoms with van der Waals surface area (Å²) in [5.74, 6) is -1.69. The van der Waals surface area contributed by atoms with E-state index >= 15 is 0 Å². The molecule has 0 spiro atoms. The minimum Gasteiger partial charge on any atom is -0.466 e. The molecule has 2 N–H and O–H groups in total. The van der Waals surface area contributed by atoms with Gasteiger partial charge >= 0.3 is 5.97 Å². The van der Waals surface area contributed by atoms with Crippen LogP contribution in [0.1, 0.15) is 26.7 Å². The molecule has 0 radical (unpaired) electrons. The molecule has 25 heavy (non-hydrogen) atoms. The summed E-state index contributed by atoms with van der Waals surface area (Å²) in [6.07, 6.45) is 0.153. The summed E-state index contributed by atoms with van der Waals surface area (Å²) in [5, 5.41) is 6.04. The number of carbonyl (C=O) groups excluding carboxylic acids is 3. The van der Waals surface area contributed by atoms with Gasteiger partial charge in [-0.1, -0.05) is 25.4 Å². The van der Waals surface area contributed by atoms with Crippen LogP contribution >= 0.6 is 11.6 Å². The standard InChI is InChI=1S/C18H21ClN2O4/c1-10(2)16-14(18(24)25-3)8-11(17(23)21-16)9-15(22)20-13-6-4-12(19)5-7-13/h4-7,10-11H,8-9H2,1-3H3,(H,20,22)(H,21,23). The maximum absolute atomic E-state index is 12.3. The zero-order chi connectivity index (χ0) is 18.6. The van der Waals surface area contributed by atoms with E-state index in [1.807, 2.05) is 13.8 Å². The van der Waals surface area contributed by atoms with Crippen LogP contribution in [0.25, 0.3) is 0 Å². The van der Waals surface area contributed by atoms with Gasteiger partial charge in [0.1, 0.15) is 0 Å². The second-order valence-corrected chi connectivity index (χ2v) is 6.62. The smallest absolute Gasteiger partial charge is 0.335 e. The van der Waals surface area contributed by atoms with Crippen LogP contribution in [0, 0.1) is 11.8 Å². The van der Waals surface area contributed by atoms with Gasteiger partial charge in [0.15, 0.2) is 0 Å². The van der Waals surface area contributed by atoms with Gasteiger partial charge in [-0.2, -0.15) is 0 Å². The van der Waals surface area contributed by atoms with Crippen molar-refractivity contribution in [2.75, 3.05) is 12.4 Å². The number of halogens is 1. The van der Waals surface area contributed by atoms with Gasteiger partial charge in [-0.3, -0.25) is 9.59 Å². The third kappa shape index (κ3) is 4.82. The lowest BCUT2D eigenvalue weighted by Gasteiger charge is -2.27. The number of hydrogen-bond acceptors (Lipinski definition) is 4. The molecule has 0 bridgehead atoms. The first kappa shape index (κ1) is 19.0. The number of hydrogen-bond donors (Lipinski definition) is 2. The zero-order valence-electron chi connectivity index (χ0n) is 14.4. The minimum atomic E-state index is -0.621. The topological polar surface area (TPSA) is 84.5 Å². The van der Waals surface area contributed by atoms with Gasteiger partial charge in [-0.05, 0) is 36.6 Å². The first-order valence-corrected chi connectivity index (χ1v) is 8.37. The lowest BCUT2D eigenvalue weighted by molar-refractivity contribution is -0.137. The Morgan fingerprint density at radius 3 is 2.52 bits per heavy atom. The van der Waals surface area contributed by atoms with Crippen LogP contribution in [-0.2, 0) is 19.1 Å². The monoisotopic (exact) mass is 364 g/mol. The summed E-state index contributed by atoms with van der Waals surface area (Å²) < 4.78 is 4.80. The fraction of sp³-hybridized carbons (Fsp3) is 0.389. The molecule has 134 valence electrons. The molecule has 7 heteroatoms. The molecule has 1 aliphatic rings. The maximum Gasteiger partial charge on any atom is 0.335 e. The molecule has 1 aromatic carbocycles. The van der Waals surface area contributed by atoms with Crippen LogP contribution in [0.2, 0.25) is 5.02 Å². The van der Waals surface area contributed by atoms with E-state index in [1.54, 1.807) is 24.3 Å². The predicted molar refractivity (Wildman–Crippen MR) is 94.8 cm³/mol. The number of anilines is 1. The summed E-state index contributed by atoms with van der Waals surface area (Å²) in [4.78, 5) is 36.5. The third-order valence-corrected chi connectivity index (χ3v) is 4.23. The molecule has 1 unspecified atom stereocenters. The van der Waals surface area contributed by atoms with Gasteiger partial charge in [0.2, 0.25) is 11.8 Å². The molecule has 0 saturated carbocycles. The van der Waals surface area contributed by atoms with Crippen molar-refractivity contribution >= 4 is 35.1 Å². The van der Waals surface area contributed by atoms with Crippen LogP contribution < -0.4 is 10.6 Å². The zero-order valence-corrected chi connectivity index (χ0v) is 15.1. The normalized spacial score (nSPS) is 17.3. The summed E-state index contributed by atoms with van der Waals surface area (Å²) in [5.41, 5.74) is 1.57. The number of amides is 2. The van der Waals surface area contributed by atoms with Crippen molar-refractivity contribution in [3.05, 3.63) is 40.6 Å². The van der Waals surface area contributed by atoms with Gasteiger partial charge in [0.25, 0.3) is 0 Å². The molecule has 1 heterocycles. The average Bonchev–Trinajstić information content (AvgIpc) is 2.57. The number of carbonyl (C=O) groups is 3. The fourth-order valence-corrected chi connectivity index (χ4v) is 2.83. The van der Waals surface area contributed by atoms with E-state index in [4.69, 9.17) is 16.3 Å². The van der Waals surface area contributed by atoms with Crippen molar-refractivity contribution in [2.45, 2.75) is 26.7 Å². The molecule has 1 aliphatic heterocycles. The molecule has 1 atom stereocenters. The molecule has 2 amide bonds. The van der Waals surface area contributed by atoms with E-state index in [0.717, 1.165) is 0 Å². The van der Waals surface area contributed by atoms with Crippen LogP contribution in [0.5, 0.6) is 0 Å². The highest BCUT2D eigenvalue weighted by molar-refractivity contribution is 6.30. The lowest BCUT2D eigenvalue weighted by Crippen LogP contribution is -2.40. The van der Waals surface area contributed by atoms with E-state index < -0.39 is 11.9 Å². The summed E-state index contributed by atoms with van der Waals surface area (Å²) >= 11 is 5.81. The Labute approximate surface area is 151 Å². The van der Waals surface area contributed by atoms with Crippen LogP contribution in [0.4, 0.5) is 5.69 Å². The van der Waals surface area contributed by atoms with Gasteiger partial charge in [0, 0.05) is 22.8 Å². The Bertz CT molecular complexity index is 710. The lowest BCUT2D eigenvalue weighted by atomic mass is 9.87. The molecular formula is C18H21ClN2O4. The van der Waals surface area contributed by atoms with Gasteiger partial charge < -0.3 is 15.4 Å². The molecule has 1 aromatic rings. The van der Waals surface area contributed by atoms with Crippen molar-refractivity contribution in [1.29, 1.82) is 0 Å². The number of allylic oxidation sites excluding steroid dienone is 1. The second-order valence-electron chi connectivity index (χ2n) is 6.19. The Balaban J connectivity index is 2.09. The van der Waals surface area contributed by atoms with Crippen molar-refractivity contribution in [3.8, 4) is 0 Å². The van der Waals surface area contributed by atoms with Crippen LogP contribution in [0.3, 0.4) is 0 Å². The van der Waals surface area contributed by atoms with E-state index in [1.165, 1.54) is 7.11 Å². The maximum atomic E-state index is 12.3. The SMILES string of the molecule is COC(=O)C1=C(C(C)C)NC(=O)C(CC(=O)Nc2ccc(Cl)cc2)C1. The van der Waals surface area contributed by atoms with E-state index in [-0.39, 0.29) is 30.6 Å². The average molecular weight is 365 g/mol. The summed E-state index contributed by atoms with van der Waals surface area (Å²) in [6.45, 7) is 3.76. The number of methoxy groups -OCH3 is 1. The second kappa shape index (κ2) is 8.16. The highest BCUT2D eigenvalue weighted by atomic mass is 35.5. The first-order valence-electron chi connectivity index (χ1n) is 7.99. The van der Waals surface area contributed by atoms with Crippen LogP contribution in [0.15, 0.2) is 35.5 Å². The molecule has 0 fully saturated rings.